The third-order valence-corrected chi connectivity index (χ3v) is 1.65. The molecule has 0 heteroatoms. The van der Waals surface area contributed by atoms with Gasteiger partial charge in [0.25, 0.3) is 0 Å². The first-order valence-electron chi connectivity index (χ1n) is 5.23. The minimum atomic E-state index is 0.474. The molecule has 0 amide bonds. The van der Waals surface area contributed by atoms with Crippen LogP contribution in [0.15, 0.2) is 12.7 Å². The number of allylic oxidation sites excluding steroid dienone is 1. The van der Waals surface area contributed by atoms with Crippen LogP contribution in [0, 0.1) is 5.41 Å². The molecule has 0 saturated heterocycles. The average molecular weight is 172 g/mol. The van der Waals surface area contributed by atoms with Gasteiger partial charge in [0.2, 0.25) is 0 Å². The van der Waals surface area contributed by atoms with Gasteiger partial charge in [-0.15, -0.1) is 6.58 Å². The van der Waals surface area contributed by atoms with E-state index in [0.29, 0.717) is 5.41 Å². The van der Waals surface area contributed by atoms with Crippen molar-refractivity contribution in [3.05, 3.63) is 12.7 Å². The van der Waals surface area contributed by atoms with E-state index in [4.69, 9.17) is 0 Å². The summed E-state index contributed by atoms with van der Waals surface area (Å²) < 4.78 is 0. The molecule has 0 aliphatic carbocycles. The molecule has 0 aromatic carbocycles. The number of hydrogen-bond acceptors (Lipinski definition) is 0. The molecule has 0 atom stereocenters. The zero-order valence-corrected chi connectivity index (χ0v) is 10.2. The monoisotopic (exact) mass is 172 g/mol. The summed E-state index contributed by atoms with van der Waals surface area (Å²) in [6.45, 7) is 18.4. The zero-order chi connectivity index (χ0) is 10.6. The van der Waals surface area contributed by atoms with E-state index < -0.39 is 0 Å². The summed E-state index contributed by atoms with van der Waals surface area (Å²) in [5.41, 5.74) is 0.474. The van der Waals surface area contributed by atoms with E-state index in [0.717, 1.165) is 6.42 Å². The van der Waals surface area contributed by atoms with Crippen molar-refractivity contribution in [1.82, 2.24) is 0 Å². The SMILES string of the molecule is C=CCC(C)(C)CC.CC.CC. The maximum Gasteiger partial charge on any atom is -0.0302 e. The Morgan fingerprint density at radius 1 is 1.08 bits per heavy atom. The van der Waals surface area contributed by atoms with E-state index >= 15 is 0 Å². The molecule has 0 aromatic rings. The predicted molar refractivity (Wildman–Crippen MR) is 61.6 cm³/mol. The molecule has 0 N–H and O–H groups in total. The first-order chi connectivity index (χ1) is 5.62. The molecule has 0 fully saturated rings. The van der Waals surface area contributed by atoms with Crippen LogP contribution >= 0.6 is 0 Å². The van der Waals surface area contributed by atoms with Crippen LogP contribution in [0.2, 0.25) is 0 Å². The molecule has 0 bridgehead atoms. The highest BCUT2D eigenvalue weighted by molar-refractivity contribution is 4.77. The normalized spacial score (nSPS) is 8.58. The Hall–Kier alpha value is -0.260. The van der Waals surface area contributed by atoms with Gasteiger partial charge in [-0.25, -0.2) is 0 Å². The van der Waals surface area contributed by atoms with Gasteiger partial charge in [0, 0.05) is 0 Å². The fraction of sp³-hybridized carbons (Fsp3) is 0.833. The maximum atomic E-state index is 3.69. The fourth-order valence-corrected chi connectivity index (χ4v) is 0.535. The molecule has 12 heavy (non-hydrogen) atoms. The Bertz CT molecular complexity index is 70.1. The van der Waals surface area contributed by atoms with Gasteiger partial charge >= 0.3 is 0 Å². The Labute approximate surface area is 80.1 Å². The first-order valence-corrected chi connectivity index (χ1v) is 5.23. The van der Waals surface area contributed by atoms with Gasteiger partial charge in [-0.1, -0.05) is 61.0 Å². The zero-order valence-electron chi connectivity index (χ0n) is 10.2. The average Bonchev–Trinajstić information content (AvgIpc) is 2.12. The molecular formula is C12H28. The molecular weight excluding hydrogens is 144 g/mol. The Kier molecular flexibility index (Phi) is 19.7. The van der Waals surface area contributed by atoms with Gasteiger partial charge in [0.15, 0.2) is 0 Å². The van der Waals surface area contributed by atoms with Crippen LogP contribution in [0.3, 0.4) is 0 Å². The molecule has 76 valence electrons. The Morgan fingerprint density at radius 3 is 1.50 bits per heavy atom. The minimum Gasteiger partial charge on any atom is -0.103 e. The topological polar surface area (TPSA) is 0 Å². The van der Waals surface area contributed by atoms with E-state index in [1.54, 1.807) is 0 Å². The highest BCUT2D eigenvalue weighted by Gasteiger charge is 2.10. The fourth-order valence-electron chi connectivity index (χ4n) is 0.535. The summed E-state index contributed by atoms with van der Waals surface area (Å²) >= 11 is 0. The van der Waals surface area contributed by atoms with E-state index in [-0.39, 0.29) is 0 Å². The lowest BCUT2D eigenvalue weighted by Crippen LogP contribution is -2.06. The van der Waals surface area contributed by atoms with Gasteiger partial charge < -0.3 is 0 Å². The van der Waals surface area contributed by atoms with E-state index in [1.807, 2.05) is 33.8 Å². The van der Waals surface area contributed by atoms with E-state index in [2.05, 4.69) is 27.4 Å². The Balaban J connectivity index is -0.000000175. The lowest BCUT2D eigenvalue weighted by molar-refractivity contribution is 0.357. The second kappa shape index (κ2) is 13.3. The maximum absolute atomic E-state index is 3.69. The largest absolute Gasteiger partial charge is 0.103 e. The summed E-state index contributed by atoms with van der Waals surface area (Å²) in [7, 11) is 0. The van der Waals surface area contributed by atoms with Crippen LogP contribution < -0.4 is 0 Å². The smallest absolute Gasteiger partial charge is 0.0302 e. The quantitative estimate of drug-likeness (QED) is 0.522. The van der Waals surface area contributed by atoms with Crippen molar-refractivity contribution in [1.29, 1.82) is 0 Å². The molecule has 0 aromatic heterocycles. The lowest BCUT2D eigenvalue weighted by Gasteiger charge is -2.19. The van der Waals surface area contributed by atoms with E-state index in [9.17, 15) is 0 Å². The number of hydrogen-bond donors (Lipinski definition) is 0. The summed E-state index contributed by atoms with van der Waals surface area (Å²) in [5.74, 6) is 0. The van der Waals surface area contributed by atoms with Crippen molar-refractivity contribution in [2.24, 2.45) is 5.41 Å². The van der Waals surface area contributed by atoms with Crippen molar-refractivity contribution >= 4 is 0 Å². The highest BCUT2D eigenvalue weighted by Crippen LogP contribution is 2.23. The van der Waals surface area contributed by atoms with Gasteiger partial charge in [-0.05, 0) is 11.8 Å². The lowest BCUT2D eigenvalue weighted by atomic mass is 9.87. The third-order valence-electron chi connectivity index (χ3n) is 1.65. The molecule has 0 saturated carbocycles. The second-order valence-electron chi connectivity index (χ2n) is 3.01. The van der Waals surface area contributed by atoms with Crippen LogP contribution in [0.5, 0.6) is 0 Å². The van der Waals surface area contributed by atoms with Gasteiger partial charge in [0.1, 0.15) is 0 Å². The van der Waals surface area contributed by atoms with Crippen LogP contribution in [-0.2, 0) is 0 Å². The van der Waals surface area contributed by atoms with Crippen LogP contribution in [0.1, 0.15) is 61.3 Å². The summed E-state index contributed by atoms with van der Waals surface area (Å²) in [6.07, 6.45) is 4.35. The molecule has 0 rings (SSSR count). The van der Waals surface area contributed by atoms with Crippen LogP contribution in [-0.4, -0.2) is 0 Å². The summed E-state index contributed by atoms with van der Waals surface area (Å²) in [4.78, 5) is 0. The Morgan fingerprint density at radius 2 is 1.42 bits per heavy atom. The first kappa shape index (κ1) is 17.7. The van der Waals surface area contributed by atoms with Crippen molar-refractivity contribution in [3.63, 3.8) is 0 Å². The van der Waals surface area contributed by atoms with Crippen LogP contribution in [0.25, 0.3) is 0 Å². The van der Waals surface area contributed by atoms with Crippen molar-refractivity contribution in [2.75, 3.05) is 0 Å². The van der Waals surface area contributed by atoms with Crippen molar-refractivity contribution in [3.8, 4) is 0 Å². The molecule has 0 nitrogen and oxygen atoms in total. The van der Waals surface area contributed by atoms with Crippen molar-refractivity contribution in [2.45, 2.75) is 61.3 Å². The van der Waals surface area contributed by atoms with Gasteiger partial charge in [-0.2, -0.15) is 0 Å². The summed E-state index contributed by atoms with van der Waals surface area (Å²) in [6, 6.07) is 0. The van der Waals surface area contributed by atoms with Gasteiger partial charge in [0.05, 0.1) is 0 Å². The summed E-state index contributed by atoms with van der Waals surface area (Å²) in [5, 5.41) is 0. The molecule has 0 aliphatic heterocycles. The predicted octanol–water partition coefficient (Wildman–Crippen LogP) is 5.05. The minimum absolute atomic E-state index is 0.474. The van der Waals surface area contributed by atoms with Crippen molar-refractivity contribution < 1.29 is 0 Å². The molecule has 0 unspecified atom stereocenters. The molecule has 0 spiro atoms. The van der Waals surface area contributed by atoms with E-state index in [1.165, 1.54) is 6.42 Å². The molecule has 0 radical (unpaired) electrons. The van der Waals surface area contributed by atoms with Gasteiger partial charge in [-0.3, -0.25) is 0 Å². The van der Waals surface area contributed by atoms with Crippen LogP contribution in [0.4, 0.5) is 0 Å². The standard InChI is InChI=1S/C8H16.2C2H6/c1-5-7-8(3,4)6-2;2*1-2/h5H,1,6-7H2,2-4H3;2*1-2H3. The number of rotatable bonds is 3. The molecule has 0 heterocycles. The third kappa shape index (κ3) is 16.4. The second-order valence-corrected chi connectivity index (χ2v) is 3.01. The highest BCUT2D eigenvalue weighted by atomic mass is 14.2. The molecule has 0 aliphatic rings.